The maximum atomic E-state index is 8.57. The molecule has 0 bridgehead atoms. The van der Waals surface area contributed by atoms with Crippen LogP contribution in [0.1, 0.15) is 46.5 Å². The fraction of sp³-hybridized carbons (Fsp3) is 0.923. The molecule has 0 aromatic carbocycles. The van der Waals surface area contributed by atoms with Gasteiger partial charge in [0, 0.05) is 13.0 Å². The fourth-order valence-electron chi connectivity index (χ4n) is 2.45. The molecule has 0 radical (unpaired) electrons. The smallest absolute Gasteiger partial charge is 0.0635 e. The highest BCUT2D eigenvalue weighted by molar-refractivity contribution is 4.80. The molecule has 2 nitrogen and oxygen atoms in total. The molecule has 1 aliphatic heterocycles. The predicted octanol–water partition coefficient (Wildman–Crippen LogP) is 3.05. The van der Waals surface area contributed by atoms with Crippen molar-refractivity contribution < 1.29 is 0 Å². The normalized spacial score (nSPS) is 24.5. The first kappa shape index (κ1) is 12.5. The van der Waals surface area contributed by atoms with Gasteiger partial charge in [-0.1, -0.05) is 20.8 Å². The first-order valence-corrected chi connectivity index (χ1v) is 6.13. The van der Waals surface area contributed by atoms with E-state index in [1.54, 1.807) is 0 Å². The minimum atomic E-state index is 0.450. The van der Waals surface area contributed by atoms with Crippen molar-refractivity contribution in [1.29, 1.82) is 5.26 Å². The summed E-state index contributed by atoms with van der Waals surface area (Å²) in [6.45, 7) is 10.4. The van der Waals surface area contributed by atoms with Crippen LogP contribution in [0.4, 0.5) is 0 Å². The zero-order valence-electron chi connectivity index (χ0n) is 10.4. The zero-order chi connectivity index (χ0) is 11.3. The minimum Gasteiger partial charge on any atom is -0.302 e. The standard InChI is InChI=1S/C13H24N2/c1-13(2,3)12-6-4-9-15(11-7-12)10-5-8-14/h12H,4-7,9-11H2,1-3H3. The van der Waals surface area contributed by atoms with E-state index < -0.39 is 0 Å². The topological polar surface area (TPSA) is 27.0 Å². The van der Waals surface area contributed by atoms with Crippen molar-refractivity contribution in [1.82, 2.24) is 4.90 Å². The summed E-state index contributed by atoms with van der Waals surface area (Å²) in [6, 6.07) is 2.24. The van der Waals surface area contributed by atoms with Gasteiger partial charge in [0.1, 0.15) is 0 Å². The molecule has 0 aromatic rings. The Morgan fingerprint density at radius 3 is 2.60 bits per heavy atom. The molecule has 2 heteroatoms. The summed E-state index contributed by atoms with van der Waals surface area (Å²) < 4.78 is 0. The summed E-state index contributed by atoms with van der Waals surface area (Å²) in [5.41, 5.74) is 0.450. The molecule has 1 heterocycles. The van der Waals surface area contributed by atoms with Crippen LogP contribution in [0.5, 0.6) is 0 Å². The lowest BCUT2D eigenvalue weighted by Crippen LogP contribution is -2.27. The highest BCUT2D eigenvalue weighted by atomic mass is 15.1. The average molecular weight is 208 g/mol. The quantitative estimate of drug-likeness (QED) is 0.697. The van der Waals surface area contributed by atoms with E-state index in [0.717, 1.165) is 12.5 Å². The second kappa shape index (κ2) is 5.51. The summed E-state index contributed by atoms with van der Waals surface area (Å²) >= 11 is 0. The van der Waals surface area contributed by atoms with E-state index in [4.69, 9.17) is 5.26 Å². The van der Waals surface area contributed by atoms with Gasteiger partial charge in [-0.2, -0.15) is 5.26 Å². The Morgan fingerprint density at radius 1 is 1.27 bits per heavy atom. The van der Waals surface area contributed by atoms with E-state index in [-0.39, 0.29) is 0 Å². The Balaban J connectivity index is 2.39. The van der Waals surface area contributed by atoms with E-state index in [1.807, 2.05) is 0 Å². The fourth-order valence-corrected chi connectivity index (χ4v) is 2.45. The van der Waals surface area contributed by atoms with Gasteiger partial charge in [0.2, 0.25) is 0 Å². The highest BCUT2D eigenvalue weighted by Crippen LogP contribution is 2.34. The molecular weight excluding hydrogens is 184 g/mol. The predicted molar refractivity (Wildman–Crippen MR) is 63.5 cm³/mol. The third-order valence-corrected chi connectivity index (χ3v) is 3.59. The van der Waals surface area contributed by atoms with Crippen molar-refractivity contribution in [2.45, 2.75) is 46.5 Å². The Bertz CT molecular complexity index is 222. The van der Waals surface area contributed by atoms with Crippen molar-refractivity contribution in [2.75, 3.05) is 19.6 Å². The Kier molecular flexibility index (Phi) is 4.60. The number of nitriles is 1. The van der Waals surface area contributed by atoms with Crippen molar-refractivity contribution in [3.05, 3.63) is 0 Å². The molecule has 1 fully saturated rings. The Labute approximate surface area is 94.3 Å². The summed E-state index contributed by atoms with van der Waals surface area (Å²) in [7, 11) is 0. The van der Waals surface area contributed by atoms with Crippen molar-refractivity contribution in [3.63, 3.8) is 0 Å². The number of rotatable bonds is 2. The average Bonchev–Trinajstić information content (AvgIpc) is 2.38. The van der Waals surface area contributed by atoms with Gasteiger partial charge in [-0.25, -0.2) is 0 Å². The third-order valence-electron chi connectivity index (χ3n) is 3.59. The molecule has 0 N–H and O–H groups in total. The van der Waals surface area contributed by atoms with Gasteiger partial charge in [0.15, 0.2) is 0 Å². The van der Waals surface area contributed by atoms with Crippen molar-refractivity contribution in [3.8, 4) is 6.07 Å². The van der Waals surface area contributed by atoms with Crippen LogP contribution in [0.25, 0.3) is 0 Å². The van der Waals surface area contributed by atoms with Crippen LogP contribution in [-0.2, 0) is 0 Å². The third kappa shape index (κ3) is 4.22. The van der Waals surface area contributed by atoms with Gasteiger partial charge >= 0.3 is 0 Å². The van der Waals surface area contributed by atoms with Gasteiger partial charge in [-0.15, -0.1) is 0 Å². The largest absolute Gasteiger partial charge is 0.302 e. The molecule has 86 valence electrons. The molecule has 15 heavy (non-hydrogen) atoms. The summed E-state index contributed by atoms with van der Waals surface area (Å²) in [5.74, 6) is 0.851. The van der Waals surface area contributed by atoms with Crippen LogP contribution in [0.2, 0.25) is 0 Å². The van der Waals surface area contributed by atoms with Gasteiger partial charge in [0.25, 0.3) is 0 Å². The van der Waals surface area contributed by atoms with E-state index >= 15 is 0 Å². The second-order valence-corrected chi connectivity index (χ2v) is 5.74. The molecule has 1 unspecified atom stereocenters. The summed E-state index contributed by atoms with van der Waals surface area (Å²) in [4.78, 5) is 2.45. The van der Waals surface area contributed by atoms with Crippen LogP contribution in [0, 0.1) is 22.7 Å². The van der Waals surface area contributed by atoms with Crippen LogP contribution < -0.4 is 0 Å². The van der Waals surface area contributed by atoms with Crippen molar-refractivity contribution >= 4 is 0 Å². The lowest BCUT2D eigenvalue weighted by Gasteiger charge is -2.29. The van der Waals surface area contributed by atoms with E-state index in [0.29, 0.717) is 11.8 Å². The highest BCUT2D eigenvalue weighted by Gasteiger charge is 2.26. The van der Waals surface area contributed by atoms with Gasteiger partial charge < -0.3 is 4.90 Å². The van der Waals surface area contributed by atoms with Crippen LogP contribution in [0.3, 0.4) is 0 Å². The number of nitrogens with zero attached hydrogens (tertiary/aromatic N) is 2. The maximum absolute atomic E-state index is 8.57. The van der Waals surface area contributed by atoms with E-state index in [1.165, 1.54) is 32.4 Å². The summed E-state index contributed by atoms with van der Waals surface area (Å²) in [5, 5.41) is 8.57. The van der Waals surface area contributed by atoms with E-state index in [9.17, 15) is 0 Å². The van der Waals surface area contributed by atoms with Crippen molar-refractivity contribution in [2.24, 2.45) is 11.3 Å². The van der Waals surface area contributed by atoms with Gasteiger partial charge in [-0.05, 0) is 43.7 Å². The summed E-state index contributed by atoms with van der Waals surface area (Å²) in [6.07, 6.45) is 4.63. The zero-order valence-corrected chi connectivity index (χ0v) is 10.4. The van der Waals surface area contributed by atoms with E-state index in [2.05, 4.69) is 31.7 Å². The molecule has 1 saturated heterocycles. The van der Waals surface area contributed by atoms with Crippen LogP contribution in [0.15, 0.2) is 0 Å². The molecule has 0 amide bonds. The SMILES string of the molecule is CC(C)(C)C1CCCN(CCC#N)CC1. The van der Waals surface area contributed by atoms with Gasteiger partial charge in [0.05, 0.1) is 6.07 Å². The number of hydrogen-bond donors (Lipinski definition) is 0. The van der Waals surface area contributed by atoms with Crippen LogP contribution in [-0.4, -0.2) is 24.5 Å². The molecule has 0 aliphatic carbocycles. The minimum absolute atomic E-state index is 0.450. The Hall–Kier alpha value is -0.550. The maximum Gasteiger partial charge on any atom is 0.0635 e. The molecule has 0 saturated carbocycles. The molecule has 0 spiro atoms. The molecular formula is C13H24N2. The number of hydrogen-bond acceptors (Lipinski definition) is 2. The number of likely N-dealkylation sites (tertiary alicyclic amines) is 1. The molecule has 1 aliphatic rings. The first-order chi connectivity index (χ1) is 7.04. The monoisotopic (exact) mass is 208 g/mol. The molecule has 1 atom stereocenters. The van der Waals surface area contributed by atoms with Gasteiger partial charge in [-0.3, -0.25) is 0 Å². The molecule has 0 aromatic heterocycles. The van der Waals surface area contributed by atoms with Crippen LogP contribution >= 0.6 is 0 Å². The lowest BCUT2D eigenvalue weighted by molar-refractivity contribution is 0.209. The second-order valence-electron chi connectivity index (χ2n) is 5.74. The Morgan fingerprint density at radius 2 is 2.00 bits per heavy atom. The first-order valence-electron chi connectivity index (χ1n) is 6.13. The molecule has 1 rings (SSSR count). The lowest BCUT2D eigenvalue weighted by atomic mass is 9.77.